The zero-order valence-corrected chi connectivity index (χ0v) is 29.1. The van der Waals surface area contributed by atoms with Crippen LogP contribution in [0.3, 0.4) is 0 Å². The maximum Gasteiger partial charge on any atom is 0.147 e. The second kappa shape index (κ2) is 11.2. The SMILES string of the molecule is c1ccc(-c2c3ccccc3c(-c3ccc4cc(-c5ccc6c(c5)oc5c7ccccc7c7c8ccccc8oc7c65)ccc4c3)c3ccccc23)cc1. The van der Waals surface area contributed by atoms with Crippen molar-refractivity contribution in [2.45, 2.75) is 0 Å². The minimum Gasteiger partial charge on any atom is -0.455 e. The third-order valence-electron chi connectivity index (χ3n) is 11.4. The van der Waals surface area contributed by atoms with Crippen LogP contribution in [-0.4, -0.2) is 0 Å². The highest BCUT2D eigenvalue weighted by Gasteiger charge is 2.21. The van der Waals surface area contributed by atoms with Crippen molar-refractivity contribution in [2.75, 3.05) is 0 Å². The molecule has 0 aliphatic carbocycles. The van der Waals surface area contributed by atoms with Gasteiger partial charge >= 0.3 is 0 Å². The summed E-state index contributed by atoms with van der Waals surface area (Å²) in [5.41, 5.74) is 10.8. The number of hydrogen-bond acceptors (Lipinski definition) is 2. The summed E-state index contributed by atoms with van der Waals surface area (Å²) in [7, 11) is 0. The van der Waals surface area contributed by atoms with Gasteiger partial charge in [-0.1, -0.05) is 152 Å². The van der Waals surface area contributed by atoms with Crippen LogP contribution in [0.25, 0.3) is 120 Å². The van der Waals surface area contributed by atoms with Crippen molar-refractivity contribution in [3.05, 3.63) is 182 Å². The van der Waals surface area contributed by atoms with E-state index in [1.807, 2.05) is 12.1 Å². The summed E-state index contributed by atoms with van der Waals surface area (Å²) in [6.07, 6.45) is 0. The van der Waals surface area contributed by atoms with Crippen molar-refractivity contribution < 1.29 is 8.83 Å². The molecule has 0 saturated carbocycles. The molecule has 12 aromatic rings. The van der Waals surface area contributed by atoms with Gasteiger partial charge in [0.1, 0.15) is 22.3 Å². The Hall–Kier alpha value is -7.16. The highest BCUT2D eigenvalue weighted by molar-refractivity contribution is 6.33. The van der Waals surface area contributed by atoms with E-state index < -0.39 is 0 Å². The Morgan fingerprint density at radius 3 is 1.44 bits per heavy atom. The van der Waals surface area contributed by atoms with Crippen molar-refractivity contribution in [3.8, 4) is 33.4 Å². The molecule has 0 N–H and O–H groups in total. The zero-order valence-electron chi connectivity index (χ0n) is 29.1. The maximum absolute atomic E-state index is 6.73. The third kappa shape index (κ3) is 4.17. The van der Waals surface area contributed by atoms with Crippen LogP contribution in [0.4, 0.5) is 0 Å². The van der Waals surface area contributed by atoms with Crippen LogP contribution in [0.5, 0.6) is 0 Å². The lowest BCUT2D eigenvalue weighted by Gasteiger charge is -2.18. The van der Waals surface area contributed by atoms with Gasteiger partial charge in [-0.2, -0.15) is 0 Å². The fourth-order valence-corrected chi connectivity index (χ4v) is 9.02. The van der Waals surface area contributed by atoms with Crippen LogP contribution in [0, 0.1) is 0 Å². The van der Waals surface area contributed by atoms with E-state index >= 15 is 0 Å². The first kappa shape index (κ1) is 29.4. The van der Waals surface area contributed by atoms with Gasteiger partial charge in [0, 0.05) is 21.5 Å². The Bertz CT molecular complexity index is 3430. The molecule has 12 rings (SSSR count). The van der Waals surface area contributed by atoms with Gasteiger partial charge in [0.15, 0.2) is 0 Å². The molecule has 2 heterocycles. The molecule has 2 heteroatoms. The van der Waals surface area contributed by atoms with Gasteiger partial charge in [0.2, 0.25) is 0 Å². The van der Waals surface area contributed by atoms with Gasteiger partial charge in [0.25, 0.3) is 0 Å². The lowest BCUT2D eigenvalue weighted by Crippen LogP contribution is -1.90. The van der Waals surface area contributed by atoms with Gasteiger partial charge in [-0.3, -0.25) is 0 Å². The Morgan fingerprint density at radius 1 is 0.259 bits per heavy atom. The molecular formula is C52H30O2. The van der Waals surface area contributed by atoms with E-state index in [0.717, 1.165) is 65.8 Å². The van der Waals surface area contributed by atoms with Gasteiger partial charge in [-0.05, 0) is 101 Å². The van der Waals surface area contributed by atoms with E-state index in [9.17, 15) is 0 Å². The second-order valence-electron chi connectivity index (χ2n) is 14.3. The van der Waals surface area contributed by atoms with Crippen molar-refractivity contribution in [1.29, 1.82) is 0 Å². The average molecular weight is 687 g/mol. The largest absolute Gasteiger partial charge is 0.455 e. The highest BCUT2D eigenvalue weighted by atomic mass is 16.3. The lowest BCUT2D eigenvalue weighted by molar-refractivity contribution is 0.665. The molecule has 0 amide bonds. The van der Waals surface area contributed by atoms with Crippen LogP contribution in [0.15, 0.2) is 191 Å². The van der Waals surface area contributed by atoms with Crippen LogP contribution in [-0.2, 0) is 0 Å². The summed E-state index contributed by atoms with van der Waals surface area (Å²) in [6, 6.07) is 65.5. The molecule has 0 spiro atoms. The van der Waals surface area contributed by atoms with Gasteiger partial charge in [0.05, 0.1) is 5.39 Å². The first-order valence-electron chi connectivity index (χ1n) is 18.5. The molecule has 0 bridgehead atoms. The quantitative estimate of drug-likeness (QED) is 0.173. The van der Waals surface area contributed by atoms with Crippen LogP contribution in [0.2, 0.25) is 0 Å². The van der Waals surface area contributed by atoms with Crippen molar-refractivity contribution >= 4 is 87.0 Å². The number of rotatable bonds is 3. The smallest absolute Gasteiger partial charge is 0.147 e. The van der Waals surface area contributed by atoms with E-state index in [2.05, 4.69) is 170 Å². The Balaban J connectivity index is 1.01. The first-order valence-corrected chi connectivity index (χ1v) is 18.5. The molecular weight excluding hydrogens is 657 g/mol. The van der Waals surface area contributed by atoms with Crippen molar-refractivity contribution in [3.63, 3.8) is 0 Å². The normalized spacial score (nSPS) is 12.1. The summed E-state index contributed by atoms with van der Waals surface area (Å²) in [5, 5.41) is 14.1. The molecule has 250 valence electrons. The molecule has 0 radical (unpaired) electrons. The molecule has 10 aromatic carbocycles. The number of benzene rings is 10. The Labute approximate surface area is 310 Å². The van der Waals surface area contributed by atoms with Crippen LogP contribution < -0.4 is 0 Å². The summed E-state index contributed by atoms with van der Waals surface area (Å²) in [5.74, 6) is 0. The monoisotopic (exact) mass is 686 g/mol. The number of hydrogen-bond donors (Lipinski definition) is 0. The van der Waals surface area contributed by atoms with E-state index in [0.29, 0.717) is 0 Å². The second-order valence-corrected chi connectivity index (χ2v) is 14.3. The Kier molecular flexibility index (Phi) is 6.09. The molecule has 0 saturated heterocycles. The predicted octanol–water partition coefficient (Wildman–Crippen LogP) is 15.1. The average Bonchev–Trinajstić information content (AvgIpc) is 3.82. The molecule has 0 atom stereocenters. The standard InChI is InChI=1S/C52H30O2/c1-2-12-31(13-3-1)47-37-14-4-6-16-39(37)48(40-17-7-5-15-38(40)47)36-25-24-32-28-33(22-23-34(32)29-36)35-26-27-44-46(30-35)54-51-42-19-9-8-18-41(42)49-43-20-10-11-21-45(43)53-52(49)50(44)51/h1-30H. The highest BCUT2D eigenvalue weighted by Crippen LogP contribution is 2.46. The molecule has 0 aliphatic heterocycles. The number of para-hydroxylation sites is 1. The number of furan rings is 2. The molecule has 54 heavy (non-hydrogen) atoms. The molecule has 2 aromatic heterocycles. The first-order chi connectivity index (χ1) is 26.8. The summed E-state index contributed by atoms with van der Waals surface area (Å²) >= 11 is 0. The fraction of sp³-hybridized carbons (Fsp3) is 0. The summed E-state index contributed by atoms with van der Waals surface area (Å²) < 4.78 is 13.3. The molecule has 0 aliphatic rings. The summed E-state index contributed by atoms with van der Waals surface area (Å²) in [6.45, 7) is 0. The van der Waals surface area contributed by atoms with E-state index in [1.165, 1.54) is 54.6 Å². The van der Waals surface area contributed by atoms with Gasteiger partial charge in [-0.25, -0.2) is 0 Å². The van der Waals surface area contributed by atoms with E-state index in [-0.39, 0.29) is 0 Å². The van der Waals surface area contributed by atoms with Gasteiger partial charge in [-0.15, -0.1) is 0 Å². The predicted molar refractivity (Wildman–Crippen MR) is 227 cm³/mol. The zero-order chi connectivity index (χ0) is 35.3. The van der Waals surface area contributed by atoms with Gasteiger partial charge < -0.3 is 8.83 Å². The Morgan fingerprint density at radius 2 is 0.741 bits per heavy atom. The van der Waals surface area contributed by atoms with Crippen molar-refractivity contribution in [1.82, 2.24) is 0 Å². The van der Waals surface area contributed by atoms with E-state index in [4.69, 9.17) is 8.83 Å². The topological polar surface area (TPSA) is 26.3 Å². The third-order valence-corrected chi connectivity index (χ3v) is 11.4. The fourth-order valence-electron chi connectivity index (χ4n) is 9.02. The molecule has 2 nitrogen and oxygen atoms in total. The molecule has 0 fully saturated rings. The minimum absolute atomic E-state index is 0.855. The summed E-state index contributed by atoms with van der Waals surface area (Å²) in [4.78, 5) is 0. The number of fused-ring (bicyclic) bond motifs is 13. The maximum atomic E-state index is 6.73. The van der Waals surface area contributed by atoms with Crippen molar-refractivity contribution in [2.24, 2.45) is 0 Å². The molecule has 0 unspecified atom stereocenters. The van der Waals surface area contributed by atoms with E-state index in [1.54, 1.807) is 0 Å². The van der Waals surface area contributed by atoms with Crippen LogP contribution in [0.1, 0.15) is 0 Å². The van der Waals surface area contributed by atoms with Crippen LogP contribution >= 0.6 is 0 Å². The minimum atomic E-state index is 0.855. The lowest BCUT2D eigenvalue weighted by atomic mass is 9.85.